The Morgan fingerprint density at radius 1 is 1.37 bits per heavy atom. The van der Waals surface area contributed by atoms with Crippen molar-refractivity contribution in [2.45, 2.75) is 39.3 Å². The largest absolute Gasteiger partial charge is 0.497 e. The van der Waals surface area contributed by atoms with Crippen molar-refractivity contribution >= 4 is 5.91 Å². The van der Waals surface area contributed by atoms with Gasteiger partial charge in [-0.3, -0.25) is 4.79 Å². The van der Waals surface area contributed by atoms with Crippen LogP contribution in [0.1, 0.15) is 38.8 Å². The SMILES string of the molecule is COc1cccc(C(C)NC(=O)[C@H](N)CC(C)C)c1. The third kappa shape index (κ3) is 4.91. The Morgan fingerprint density at radius 3 is 2.63 bits per heavy atom. The molecule has 1 aromatic rings. The lowest BCUT2D eigenvalue weighted by Gasteiger charge is -2.19. The van der Waals surface area contributed by atoms with E-state index in [1.54, 1.807) is 7.11 Å². The number of amides is 1. The van der Waals surface area contributed by atoms with Gasteiger partial charge < -0.3 is 15.8 Å². The Balaban J connectivity index is 2.63. The summed E-state index contributed by atoms with van der Waals surface area (Å²) in [6.45, 7) is 6.05. The molecule has 0 bridgehead atoms. The van der Waals surface area contributed by atoms with Crippen molar-refractivity contribution in [1.29, 1.82) is 0 Å². The minimum absolute atomic E-state index is 0.0826. The highest BCUT2D eigenvalue weighted by Gasteiger charge is 2.17. The third-order valence-corrected chi connectivity index (χ3v) is 3.01. The van der Waals surface area contributed by atoms with Crippen molar-refractivity contribution in [2.75, 3.05) is 7.11 Å². The minimum Gasteiger partial charge on any atom is -0.497 e. The first-order valence-corrected chi connectivity index (χ1v) is 6.64. The van der Waals surface area contributed by atoms with Crippen molar-refractivity contribution in [3.05, 3.63) is 29.8 Å². The number of carbonyl (C=O) groups is 1. The molecule has 4 heteroatoms. The van der Waals surface area contributed by atoms with Gasteiger partial charge in [0.15, 0.2) is 0 Å². The summed E-state index contributed by atoms with van der Waals surface area (Å²) in [5, 5.41) is 2.93. The summed E-state index contributed by atoms with van der Waals surface area (Å²) >= 11 is 0. The Morgan fingerprint density at radius 2 is 2.05 bits per heavy atom. The highest BCUT2D eigenvalue weighted by molar-refractivity contribution is 5.81. The number of benzene rings is 1. The van der Waals surface area contributed by atoms with E-state index in [0.717, 1.165) is 11.3 Å². The van der Waals surface area contributed by atoms with Crippen LogP contribution in [-0.4, -0.2) is 19.1 Å². The van der Waals surface area contributed by atoms with Crippen LogP contribution in [0.15, 0.2) is 24.3 Å². The zero-order valence-corrected chi connectivity index (χ0v) is 12.1. The molecule has 3 N–H and O–H groups in total. The van der Waals surface area contributed by atoms with E-state index < -0.39 is 6.04 Å². The monoisotopic (exact) mass is 264 g/mol. The molecular formula is C15H24N2O2. The molecule has 0 saturated heterocycles. The summed E-state index contributed by atoms with van der Waals surface area (Å²) in [4.78, 5) is 11.9. The summed E-state index contributed by atoms with van der Waals surface area (Å²) in [6.07, 6.45) is 0.691. The summed E-state index contributed by atoms with van der Waals surface area (Å²) in [5.41, 5.74) is 6.87. The molecule has 0 fully saturated rings. The standard InChI is InChI=1S/C15H24N2O2/c1-10(2)8-14(16)15(18)17-11(3)12-6-5-7-13(9-12)19-4/h5-7,9-11,14H,8,16H2,1-4H3,(H,17,18)/t11?,14-/m1/s1. The van der Waals surface area contributed by atoms with Crippen LogP contribution in [0.3, 0.4) is 0 Å². The van der Waals surface area contributed by atoms with Gasteiger partial charge in [-0.1, -0.05) is 26.0 Å². The Kier molecular flexibility index (Phi) is 5.83. The second kappa shape index (κ2) is 7.14. The maximum absolute atomic E-state index is 11.9. The molecule has 106 valence electrons. The Hall–Kier alpha value is -1.55. The zero-order valence-electron chi connectivity index (χ0n) is 12.1. The van der Waals surface area contributed by atoms with Crippen LogP contribution in [0, 0.1) is 5.92 Å². The molecule has 0 aliphatic rings. The molecular weight excluding hydrogens is 240 g/mol. The van der Waals surface area contributed by atoms with Crippen LogP contribution in [0.4, 0.5) is 0 Å². The maximum atomic E-state index is 11.9. The highest BCUT2D eigenvalue weighted by atomic mass is 16.5. The fourth-order valence-corrected chi connectivity index (χ4v) is 1.93. The molecule has 0 saturated carbocycles. The smallest absolute Gasteiger partial charge is 0.237 e. The van der Waals surface area contributed by atoms with E-state index in [-0.39, 0.29) is 11.9 Å². The number of ether oxygens (including phenoxy) is 1. The molecule has 0 aliphatic heterocycles. The number of methoxy groups -OCH3 is 1. The zero-order chi connectivity index (χ0) is 14.4. The summed E-state index contributed by atoms with van der Waals surface area (Å²) < 4.78 is 5.17. The average Bonchev–Trinajstić information content (AvgIpc) is 2.37. The van der Waals surface area contributed by atoms with Gasteiger partial charge in [-0.15, -0.1) is 0 Å². The first-order chi connectivity index (χ1) is 8.93. The molecule has 0 aliphatic carbocycles. The lowest BCUT2D eigenvalue weighted by Crippen LogP contribution is -2.42. The van der Waals surface area contributed by atoms with E-state index in [1.807, 2.05) is 31.2 Å². The predicted octanol–water partition coefficient (Wildman–Crippen LogP) is 2.25. The molecule has 1 rings (SSSR count). The van der Waals surface area contributed by atoms with Gasteiger partial charge in [-0.25, -0.2) is 0 Å². The van der Waals surface area contributed by atoms with Crippen LogP contribution in [0.2, 0.25) is 0 Å². The lowest BCUT2D eigenvalue weighted by molar-refractivity contribution is -0.123. The maximum Gasteiger partial charge on any atom is 0.237 e. The lowest BCUT2D eigenvalue weighted by atomic mass is 10.0. The number of nitrogens with two attached hydrogens (primary N) is 1. The molecule has 1 unspecified atom stereocenters. The van der Waals surface area contributed by atoms with Gasteiger partial charge in [0.2, 0.25) is 5.91 Å². The second-order valence-electron chi connectivity index (χ2n) is 5.24. The number of carbonyl (C=O) groups excluding carboxylic acids is 1. The van der Waals surface area contributed by atoms with E-state index in [2.05, 4.69) is 19.2 Å². The van der Waals surface area contributed by atoms with Gasteiger partial charge in [-0.2, -0.15) is 0 Å². The van der Waals surface area contributed by atoms with Crippen molar-refractivity contribution in [3.8, 4) is 5.75 Å². The summed E-state index contributed by atoms with van der Waals surface area (Å²) in [7, 11) is 1.63. The summed E-state index contributed by atoms with van der Waals surface area (Å²) in [5.74, 6) is 1.09. The van der Waals surface area contributed by atoms with Gasteiger partial charge in [0.1, 0.15) is 5.75 Å². The number of hydrogen-bond acceptors (Lipinski definition) is 3. The fourth-order valence-electron chi connectivity index (χ4n) is 1.93. The Bertz CT molecular complexity index is 418. The van der Waals surface area contributed by atoms with Gasteiger partial charge in [-0.05, 0) is 37.0 Å². The van der Waals surface area contributed by atoms with Gasteiger partial charge in [0, 0.05) is 0 Å². The molecule has 0 heterocycles. The van der Waals surface area contributed by atoms with Gasteiger partial charge in [0.25, 0.3) is 0 Å². The number of nitrogens with one attached hydrogen (secondary N) is 1. The molecule has 0 radical (unpaired) electrons. The first-order valence-electron chi connectivity index (χ1n) is 6.64. The van der Waals surface area contributed by atoms with Crippen molar-refractivity contribution in [2.24, 2.45) is 11.7 Å². The van der Waals surface area contributed by atoms with Crippen LogP contribution in [0.5, 0.6) is 5.75 Å². The summed E-state index contributed by atoms with van der Waals surface area (Å²) in [6, 6.07) is 7.13. The predicted molar refractivity (Wildman–Crippen MR) is 77.0 cm³/mol. The fraction of sp³-hybridized carbons (Fsp3) is 0.533. The average molecular weight is 264 g/mol. The third-order valence-electron chi connectivity index (χ3n) is 3.01. The van der Waals surface area contributed by atoms with Crippen molar-refractivity contribution < 1.29 is 9.53 Å². The van der Waals surface area contributed by atoms with E-state index in [1.165, 1.54) is 0 Å². The van der Waals surface area contributed by atoms with E-state index in [4.69, 9.17) is 10.5 Å². The topological polar surface area (TPSA) is 64.3 Å². The molecule has 0 spiro atoms. The molecule has 4 nitrogen and oxygen atoms in total. The van der Waals surface area contributed by atoms with E-state index >= 15 is 0 Å². The van der Waals surface area contributed by atoms with Crippen LogP contribution >= 0.6 is 0 Å². The number of rotatable bonds is 6. The second-order valence-corrected chi connectivity index (χ2v) is 5.24. The molecule has 1 amide bonds. The van der Waals surface area contributed by atoms with Crippen LogP contribution in [-0.2, 0) is 4.79 Å². The van der Waals surface area contributed by atoms with Crippen molar-refractivity contribution in [1.82, 2.24) is 5.32 Å². The molecule has 1 aromatic carbocycles. The van der Waals surface area contributed by atoms with E-state index in [0.29, 0.717) is 12.3 Å². The van der Waals surface area contributed by atoms with Crippen LogP contribution in [0.25, 0.3) is 0 Å². The molecule has 19 heavy (non-hydrogen) atoms. The van der Waals surface area contributed by atoms with Crippen molar-refractivity contribution in [3.63, 3.8) is 0 Å². The van der Waals surface area contributed by atoms with Gasteiger partial charge in [0.05, 0.1) is 19.2 Å². The highest BCUT2D eigenvalue weighted by Crippen LogP contribution is 2.18. The first kappa shape index (κ1) is 15.5. The number of hydrogen-bond donors (Lipinski definition) is 2. The quantitative estimate of drug-likeness (QED) is 0.828. The molecule has 2 atom stereocenters. The van der Waals surface area contributed by atoms with Crippen LogP contribution < -0.4 is 15.8 Å². The molecule has 0 aromatic heterocycles. The minimum atomic E-state index is -0.451. The normalized spacial score (nSPS) is 14.0. The van der Waals surface area contributed by atoms with Gasteiger partial charge >= 0.3 is 0 Å². The van der Waals surface area contributed by atoms with E-state index in [9.17, 15) is 4.79 Å². The Labute approximate surface area is 115 Å².